The smallest absolute Gasteiger partial charge is 0.130 e. The third kappa shape index (κ3) is 3.39. The molecule has 2 aliphatic rings. The van der Waals surface area contributed by atoms with Crippen LogP contribution in [-0.2, 0) is 10.3 Å². The number of aliphatic imine (C=N–C) groups is 1. The molecular weight excluding hydrogens is 376 g/mol. The summed E-state index contributed by atoms with van der Waals surface area (Å²) in [5.41, 5.74) is 5.05. The van der Waals surface area contributed by atoms with Crippen molar-refractivity contribution in [3.05, 3.63) is 42.5 Å². The lowest BCUT2D eigenvalue weighted by molar-refractivity contribution is 0.122. The molecule has 0 unspecified atom stereocenters. The van der Waals surface area contributed by atoms with Gasteiger partial charge in [0, 0.05) is 48.2 Å². The molecule has 7 heteroatoms. The number of ether oxygens (including phenoxy) is 1. The van der Waals surface area contributed by atoms with Gasteiger partial charge in [-0.2, -0.15) is 5.10 Å². The average Bonchev–Trinajstić information content (AvgIpc) is 3.45. The van der Waals surface area contributed by atoms with E-state index in [0.29, 0.717) is 6.54 Å². The van der Waals surface area contributed by atoms with Crippen LogP contribution >= 0.6 is 0 Å². The third-order valence-electron chi connectivity index (χ3n) is 5.58. The molecule has 1 fully saturated rings. The molecule has 0 saturated carbocycles. The van der Waals surface area contributed by atoms with Crippen LogP contribution in [0.25, 0.3) is 27.6 Å². The quantitative estimate of drug-likeness (QED) is 0.670. The summed E-state index contributed by atoms with van der Waals surface area (Å²) in [4.78, 5) is 16.4. The monoisotopic (exact) mass is 402 g/mol. The molecule has 0 spiro atoms. The number of hydrogen-bond donors (Lipinski definition) is 0. The molecule has 0 amide bonds. The minimum Gasteiger partial charge on any atom is -0.378 e. The molecule has 0 aliphatic carbocycles. The predicted molar refractivity (Wildman–Crippen MR) is 120 cm³/mol. The number of fused-ring (bicyclic) bond motifs is 1. The first-order valence-corrected chi connectivity index (χ1v) is 10.4. The molecule has 5 rings (SSSR count). The molecule has 2 aliphatic heterocycles. The van der Waals surface area contributed by atoms with Gasteiger partial charge >= 0.3 is 0 Å². The van der Waals surface area contributed by atoms with E-state index in [-0.39, 0.29) is 5.54 Å². The maximum atomic E-state index is 5.55. The SMILES string of the molecule is CC(C)(C)n1cc(-c2cc(N3CCOCC3)nc3c(C4=CC=NC4)nccc23)cn1. The maximum absolute atomic E-state index is 5.55. The van der Waals surface area contributed by atoms with Gasteiger partial charge < -0.3 is 9.64 Å². The number of aromatic nitrogens is 4. The van der Waals surface area contributed by atoms with Crippen molar-refractivity contribution in [2.75, 3.05) is 37.7 Å². The number of rotatable bonds is 3. The van der Waals surface area contributed by atoms with Gasteiger partial charge in [0.15, 0.2) is 0 Å². The Balaban J connectivity index is 1.72. The van der Waals surface area contributed by atoms with Gasteiger partial charge in [0.2, 0.25) is 0 Å². The Kier molecular flexibility index (Phi) is 4.62. The van der Waals surface area contributed by atoms with E-state index in [1.165, 1.54) is 0 Å². The Morgan fingerprint density at radius 1 is 1.13 bits per heavy atom. The van der Waals surface area contributed by atoms with Crippen LogP contribution in [0.1, 0.15) is 26.5 Å². The number of hydrogen-bond acceptors (Lipinski definition) is 6. The van der Waals surface area contributed by atoms with E-state index >= 15 is 0 Å². The predicted octanol–water partition coefficient (Wildman–Crippen LogP) is 3.55. The fraction of sp³-hybridized carbons (Fsp3) is 0.391. The second-order valence-corrected chi connectivity index (χ2v) is 8.71. The van der Waals surface area contributed by atoms with Gasteiger partial charge in [0.25, 0.3) is 0 Å². The number of anilines is 1. The Morgan fingerprint density at radius 2 is 1.97 bits per heavy atom. The normalized spacial score (nSPS) is 17.0. The molecule has 154 valence electrons. The summed E-state index contributed by atoms with van der Waals surface area (Å²) < 4.78 is 7.56. The van der Waals surface area contributed by atoms with E-state index in [9.17, 15) is 0 Å². The van der Waals surface area contributed by atoms with E-state index in [1.807, 2.05) is 29.4 Å². The van der Waals surface area contributed by atoms with Crippen molar-refractivity contribution >= 4 is 28.5 Å². The highest BCUT2D eigenvalue weighted by Gasteiger charge is 2.21. The summed E-state index contributed by atoms with van der Waals surface area (Å²) in [5.74, 6) is 0.957. The summed E-state index contributed by atoms with van der Waals surface area (Å²) in [6, 6.07) is 4.23. The molecule has 3 aromatic heterocycles. The van der Waals surface area contributed by atoms with Gasteiger partial charge in [-0.15, -0.1) is 0 Å². The minimum absolute atomic E-state index is 0.0766. The van der Waals surface area contributed by atoms with Crippen molar-refractivity contribution in [1.82, 2.24) is 19.7 Å². The molecule has 0 N–H and O–H groups in total. The first-order chi connectivity index (χ1) is 14.5. The largest absolute Gasteiger partial charge is 0.378 e. The molecule has 0 bridgehead atoms. The van der Waals surface area contributed by atoms with Crippen LogP contribution in [-0.4, -0.2) is 58.8 Å². The maximum Gasteiger partial charge on any atom is 0.130 e. The van der Waals surface area contributed by atoms with E-state index in [0.717, 1.165) is 65.4 Å². The van der Waals surface area contributed by atoms with Crippen LogP contribution in [0.5, 0.6) is 0 Å². The number of nitrogens with zero attached hydrogens (tertiary/aromatic N) is 6. The standard InChI is InChI=1S/C23H26N6O/c1-23(2,3)29-15-17(14-26-29)19-12-20(28-8-10-30-11-9-28)27-22-18(19)5-7-25-21(22)16-4-6-24-13-16/h4-7,12,14-15H,8-11,13H2,1-3H3. The van der Waals surface area contributed by atoms with Gasteiger partial charge in [-0.25, -0.2) is 4.98 Å². The van der Waals surface area contributed by atoms with Crippen molar-refractivity contribution < 1.29 is 4.74 Å². The first kappa shape index (κ1) is 18.9. The van der Waals surface area contributed by atoms with Crippen LogP contribution in [0.2, 0.25) is 0 Å². The van der Waals surface area contributed by atoms with Crippen LogP contribution < -0.4 is 4.90 Å². The molecule has 30 heavy (non-hydrogen) atoms. The molecule has 5 heterocycles. The van der Waals surface area contributed by atoms with Crippen molar-refractivity contribution in [3.63, 3.8) is 0 Å². The molecule has 0 aromatic carbocycles. The Hall–Kier alpha value is -3.06. The second kappa shape index (κ2) is 7.32. The number of allylic oxidation sites excluding steroid dienone is 1. The lowest BCUT2D eigenvalue weighted by atomic mass is 10.0. The second-order valence-electron chi connectivity index (χ2n) is 8.71. The molecule has 3 aromatic rings. The number of pyridine rings is 2. The van der Waals surface area contributed by atoms with Gasteiger partial charge in [-0.1, -0.05) is 0 Å². The highest BCUT2D eigenvalue weighted by atomic mass is 16.5. The lowest BCUT2D eigenvalue weighted by Gasteiger charge is -2.28. The highest BCUT2D eigenvalue weighted by molar-refractivity contribution is 6.02. The van der Waals surface area contributed by atoms with E-state index in [4.69, 9.17) is 9.72 Å². The van der Waals surface area contributed by atoms with E-state index in [1.54, 1.807) is 0 Å². The average molecular weight is 403 g/mol. The minimum atomic E-state index is -0.0766. The Labute approximate surface area is 176 Å². The topological polar surface area (TPSA) is 68.4 Å². The fourth-order valence-corrected chi connectivity index (χ4v) is 3.90. The van der Waals surface area contributed by atoms with Gasteiger partial charge in [0.1, 0.15) is 5.82 Å². The molecule has 0 radical (unpaired) electrons. The fourth-order valence-electron chi connectivity index (χ4n) is 3.90. The zero-order valence-corrected chi connectivity index (χ0v) is 17.7. The van der Waals surface area contributed by atoms with Gasteiger partial charge in [-0.05, 0) is 44.5 Å². The zero-order chi connectivity index (χ0) is 20.7. The van der Waals surface area contributed by atoms with Crippen LogP contribution in [0, 0.1) is 0 Å². The van der Waals surface area contributed by atoms with Gasteiger partial charge in [-0.3, -0.25) is 14.7 Å². The van der Waals surface area contributed by atoms with Crippen LogP contribution in [0.3, 0.4) is 0 Å². The molecular formula is C23H26N6O. The Bertz CT molecular complexity index is 1150. The first-order valence-electron chi connectivity index (χ1n) is 10.4. The Morgan fingerprint density at radius 3 is 2.67 bits per heavy atom. The summed E-state index contributed by atoms with van der Waals surface area (Å²) in [6.07, 6.45) is 9.81. The summed E-state index contributed by atoms with van der Waals surface area (Å²) in [7, 11) is 0. The lowest BCUT2D eigenvalue weighted by Crippen LogP contribution is -2.36. The molecule has 0 atom stereocenters. The van der Waals surface area contributed by atoms with Crippen LogP contribution in [0.15, 0.2) is 41.8 Å². The summed E-state index contributed by atoms with van der Waals surface area (Å²) in [5, 5.41) is 5.71. The molecule has 1 saturated heterocycles. The van der Waals surface area contributed by atoms with Crippen molar-refractivity contribution in [3.8, 4) is 11.1 Å². The third-order valence-corrected chi connectivity index (χ3v) is 5.58. The highest BCUT2D eigenvalue weighted by Crippen LogP contribution is 2.35. The summed E-state index contributed by atoms with van der Waals surface area (Å²) >= 11 is 0. The number of morpholine rings is 1. The van der Waals surface area contributed by atoms with E-state index in [2.05, 4.69) is 59.1 Å². The van der Waals surface area contributed by atoms with Crippen LogP contribution in [0.4, 0.5) is 5.82 Å². The van der Waals surface area contributed by atoms with Gasteiger partial charge in [0.05, 0.1) is 42.7 Å². The van der Waals surface area contributed by atoms with E-state index < -0.39 is 0 Å². The van der Waals surface area contributed by atoms with Crippen molar-refractivity contribution in [2.45, 2.75) is 26.3 Å². The van der Waals surface area contributed by atoms with Crippen molar-refractivity contribution in [1.29, 1.82) is 0 Å². The summed E-state index contributed by atoms with van der Waals surface area (Å²) in [6.45, 7) is 10.2. The zero-order valence-electron chi connectivity index (χ0n) is 17.7. The molecule has 7 nitrogen and oxygen atoms in total. The van der Waals surface area contributed by atoms with Crippen molar-refractivity contribution in [2.24, 2.45) is 4.99 Å².